The third-order valence-electron chi connectivity index (χ3n) is 4.90. The van der Waals surface area contributed by atoms with Crippen LogP contribution in [0.2, 0.25) is 0 Å². The standard InChI is InChI=1S/C21H44/c1-4-7-10-11-12-13-14-15-17-20-21(18-9-6-3)19-16-8-5-2/h21H,4-20H2,1-3H3. The van der Waals surface area contributed by atoms with E-state index in [0.29, 0.717) is 0 Å². The second-order valence-corrected chi connectivity index (χ2v) is 7.12. The lowest BCUT2D eigenvalue weighted by atomic mass is 9.90. The maximum absolute atomic E-state index is 2.33. The first-order chi connectivity index (χ1) is 10.3. The van der Waals surface area contributed by atoms with Gasteiger partial charge >= 0.3 is 0 Å². The fourth-order valence-electron chi connectivity index (χ4n) is 3.35. The Morgan fingerprint density at radius 2 is 0.714 bits per heavy atom. The summed E-state index contributed by atoms with van der Waals surface area (Å²) in [6.07, 6.45) is 24.8. The average Bonchev–Trinajstić information content (AvgIpc) is 2.50. The second-order valence-electron chi connectivity index (χ2n) is 7.12. The molecule has 0 nitrogen and oxygen atoms in total. The highest BCUT2D eigenvalue weighted by Gasteiger charge is 2.07. The molecule has 0 aromatic heterocycles. The Kier molecular flexibility index (Phi) is 18.1. The van der Waals surface area contributed by atoms with E-state index in [-0.39, 0.29) is 0 Å². The third kappa shape index (κ3) is 16.2. The summed E-state index contributed by atoms with van der Waals surface area (Å²) < 4.78 is 0. The minimum Gasteiger partial charge on any atom is -0.0654 e. The molecule has 0 N–H and O–H groups in total. The van der Waals surface area contributed by atoms with Crippen molar-refractivity contribution < 1.29 is 0 Å². The fraction of sp³-hybridized carbons (Fsp3) is 1.00. The van der Waals surface area contributed by atoms with Gasteiger partial charge in [-0.3, -0.25) is 0 Å². The van der Waals surface area contributed by atoms with E-state index >= 15 is 0 Å². The molecule has 0 heterocycles. The number of hydrogen-bond acceptors (Lipinski definition) is 0. The minimum atomic E-state index is 1.04. The van der Waals surface area contributed by atoms with Crippen LogP contribution in [0.15, 0.2) is 0 Å². The monoisotopic (exact) mass is 296 g/mol. The van der Waals surface area contributed by atoms with Crippen LogP contribution in [0.25, 0.3) is 0 Å². The van der Waals surface area contributed by atoms with Crippen LogP contribution >= 0.6 is 0 Å². The molecule has 0 saturated carbocycles. The largest absolute Gasteiger partial charge is 0.0654 e. The van der Waals surface area contributed by atoms with E-state index in [2.05, 4.69) is 20.8 Å². The van der Waals surface area contributed by atoms with Crippen molar-refractivity contribution in [3.63, 3.8) is 0 Å². The van der Waals surface area contributed by atoms with Gasteiger partial charge in [0, 0.05) is 0 Å². The Bertz CT molecular complexity index is 173. The van der Waals surface area contributed by atoms with Gasteiger partial charge in [0.2, 0.25) is 0 Å². The van der Waals surface area contributed by atoms with Gasteiger partial charge in [0.25, 0.3) is 0 Å². The van der Waals surface area contributed by atoms with Crippen molar-refractivity contribution in [2.24, 2.45) is 5.92 Å². The SMILES string of the molecule is CCCCCCCCCCCC(CCCC)CCCCC. The lowest BCUT2D eigenvalue weighted by Crippen LogP contribution is -2.01. The van der Waals surface area contributed by atoms with Crippen LogP contribution in [0, 0.1) is 5.92 Å². The Balaban J connectivity index is 3.44. The average molecular weight is 297 g/mol. The normalized spacial score (nSPS) is 12.7. The molecular weight excluding hydrogens is 252 g/mol. The first-order valence-corrected chi connectivity index (χ1v) is 10.3. The number of unbranched alkanes of at least 4 members (excludes halogenated alkanes) is 11. The molecule has 1 atom stereocenters. The second kappa shape index (κ2) is 18.1. The Hall–Kier alpha value is 0. The highest BCUT2D eigenvalue weighted by molar-refractivity contribution is 4.61. The molecule has 0 amide bonds. The summed E-state index contributed by atoms with van der Waals surface area (Å²) in [6.45, 7) is 6.96. The van der Waals surface area contributed by atoms with Gasteiger partial charge in [-0.2, -0.15) is 0 Å². The van der Waals surface area contributed by atoms with Gasteiger partial charge in [-0.25, -0.2) is 0 Å². The Morgan fingerprint density at radius 3 is 1.24 bits per heavy atom. The van der Waals surface area contributed by atoms with E-state index in [9.17, 15) is 0 Å². The molecule has 0 aliphatic heterocycles. The molecule has 0 fully saturated rings. The summed E-state index contributed by atoms with van der Waals surface area (Å²) in [6, 6.07) is 0. The van der Waals surface area contributed by atoms with Crippen molar-refractivity contribution in [3.8, 4) is 0 Å². The molecule has 0 bridgehead atoms. The van der Waals surface area contributed by atoms with E-state index in [1.54, 1.807) is 0 Å². The molecule has 0 rings (SSSR count). The van der Waals surface area contributed by atoms with E-state index in [1.165, 1.54) is 109 Å². The van der Waals surface area contributed by atoms with E-state index < -0.39 is 0 Å². The maximum atomic E-state index is 2.33. The predicted octanol–water partition coefficient (Wildman–Crippen LogP) is 8.29. The van der Waals surface area contributed by atoms with Crippen LogP contribution in [-0.4, -0.2) is 0 Å². The molecule has 0 spiro atoms. The lowest BCUT2D eigenvalue weighted by molar-refractivity contribution is 0.373. The highest BCUT2D eigenvalue weighted by atomic mass is 14.1. The van der Waals surface area contributed by atoms with Crippen LogP contribution in [0.4, 0.5) is 0 Å². The molecule has 0 aromatic rings. The summed E-state index contributed by atoms with van der Waals surface area (Å²) in [5.74, 6) is 1.04. The third-order valence-corrected chi connectivity index (χ3v) is 4.90. The fourth-order valence-corrected chi connectivity index (χ4v) is 3.35. The zero-order valence-electron chi connectivity index (χ0n) is 15.6. The zero-order chi connectivity index (χ0) is 15.6. The minimum absolute atomic E-state index is 1.04. The summed E-state index contributed by atoms with van der Waals surface area (Å²) >= 11 is 0. The quantitative estimate of drug-likeness (QED) is 0.237. The van der Waals surface area contributed by atoms with E-state index in [1.807, 2.05) is 0 Å². The topological polar surface area (TPSA) is 0 Å². The van der Waals surface area contributed by atoms with Crippen LogP contribution in [0.5, 0.6) is 0 Å². The molecule has 1 unspecified atom stereocenters. The molecule has 0 aromatic carbocycles. The van der Waals surface area contributed by atoms with Gasteiger partial charge in [0.05, 0.1) is 0 Å². The summed E-state index contributed by atoms with van der Waals surface area (Å²) in [7, 11) is 0. The van der Waals surface area contributed by atoms with Crippen molar-refractivity contribution >= 4 is 0 Å². The summed E-state index contributed by atoms with van der Waals surface area (Å²) in [5, 5.41) is 0. The van der Waals surface area contributed by atoms with Gasteiger partial charge in [0.1, 0.15) is 0 Å². The molecule has 0 heteroatoms. The molecule has 0 saturated heterocycles. The van der Waals surface area contributed by atoms with Crippen LogP contribution in [0.1, 0.15) is 130 Å². The first-order valence-electron chi connectivity index (χ1n) is 10.3. The lowest BCUT2D eigenvalue weighted by Gasteiger charge is -2.16. The van der Waals surface area contributed by atoms with Crippen LogP contribution in [0.3, 0.4) is 0 Å². The van der Waals surface area contributed by atoms with Crippen LogP contribution < -0.4 is 0 Å². The maximum Gasteiger partial charge on any atom is -0.0414 e. The molecule has 0 aliphatic rings. The van der Waals surface area contributed by atoms with Crippen molar-refractivity contribution in [1.82, 2.24) is 0 Å². The van der Waals surface area contributed by atoms with Gasteiger partial charge < -0.3 is 0 Å². The summed E-state index contributed by atoms with van der Waals surface area (Å²) in [4.78, 5) is 0. The van der Waals surface area contributed by atoms with Gasteiger partial charge in [-0.1, -0.05) is 130 Å². The molecular formula is C21H44. The van der Waals surface area contributed by atoms with Gasteiger partial charge in [-0.15, -0.1) is 0 Å². The Labute approximate surface area is 136 Å². The van der Waals surface area contributed by atoms with Crippen LogP contribution in [-0.2, 0) is 0 Å². The molecule has 0 radical (unpaired) electrons. The Morgan fingerprint density at radius 1 is 0.381 bits per heavy atom. The number of rotatable bonds is 17. The number of hydrogen-bond donors (Lipinski definition) is 0. The smallest absolute Gasteiger partial charge is 0.0414 e. The summed E-state index contributed by atoms with van der Waals surface area (Å²) in [5.41, 5.74) is 0. The van der Waals surface area contributed by atoms with Crippen molar-refractivity contribution in [2.75, 3.05) is 0 Å². The zero-order valence-corrected chi connectivity index (χ0v) is 15.6. The first kappa shape index (κ1) is 21.0. The van der Waals surface area contributed by atoms with Gasteiger partial charge in [-0.05, 0) is 5.92 Å². The van der Waals surface area contributed by atoms with Crippen molar-refractivity contribution in [2.45, 2.75) is 130 Å². The van der Waals surface area contributed by atoms with E-state index in [0.717, 1.165) is 5.92 Å². The van der Waals surface area contributed by atoms with Crippen molar-refractivity contribution in [3.05, 3.63) is 0 Å². The van der Waals surface area contributed by atoms with E-state index in [4.69, 9.17) is 0 Å². The van der Waals surface area contributed by atoms with Gasteiger partial charge in [0.15, 0.2) is 0 Å². The molecule has 0 aliphatic carbocycles. The highest BCUT2D eigenvalue weighted by Crippen LogP contribution is 2.23. The molecule has 21 heavy (non-hydrogen) atoms. The predicted molar refractivity (Wildman–Crippen MR) is 99.0 cm³/mol. The van der Waals surface area contributed by atoms with Crippen molar-refractivity contribution in [1.29, 1.82) is 0 Å². The molecule has 128 valence electrons.